The topological polar surface area (TPSA) is 88.8 Å². The highest BCUT2D eigenvalue weighted by Gasteiger charge is 2.27. The number of rotatable bonds is 3. The third-order valence-corrected chi connectivity index (χ3v) is 4.36. The van der Waals surface area contributed by atoms with Gasteiger partial charge in [-0.2, -0.15) is 0 Å². The minimum Gasteiger partial charge on any atom is -0.261 e. The summed E-state index contributed by atoms with van der Waals surface area (Å²) in [6.45, 7) is 1.83. The molecule has 0 saturated heterocycles. The second kappa shape index (κ2) is 3.84. The average molecular weight is 255 g/mol. The molecule has 82 valence electrons. The lowest BCUT2D eigenvalue weighted by molar-refractivity contribution is 0.583. The molecule has 0 aliphatic heterocycles. The molecule has 0 bridgehead atoms. The zero-order chi connectivity index (χ0) is 11.8. The lowest BCUT2D eigenvalue weighted by Gasteiger charge is -1.99. The standard InChI is InChI=1S/C8H6N3O3PS/c1-5-9-7-3-2-6(4-8(7)16-5)15(14,10-12)11-13/h2-4H,1H3. The Kier molecular flexibility index (Phi) is 2.65. The molecule has 6 nitrogen and oxygen atoms in total. The Bertz CT molecular complexity index is 612. The van der Waals surface area contributed by atoms with Crippen molar-refractivity contribution in [2.75, 3.05) is 0 Å². The molecule has 1 aromatic carbocycles. The van der Waals surface area contributed by atoms with Crippen molar-refractivity contribution in [2.24, 2.45) is 9.89 Å². The summed E-state index contributed by atoms with van der Waals surface area (Å²) in [5, 5.41) is 0.897. The Morgan fingerprint density at radius 2 is 2.00 bits per heavy atom. The van der Waals surface area contributed by atoms with E-state index in [4.69, 9.17) is 0 Å². The Labute approximate surface area is 94.1 Å². The first-order chi connectivity index (χ1) is 7.59. The number of nitroso groups, excluding NO2 is 2. The normalized spacial score (nSPS) is 11.6. The minimum atomic E-state index is -4.01. The highest BCUT2D eigenvalue weighted by atomic mass is 32.1. The van der Waals surface area contributed by atoms with E-state index >= 15 is 0 Å². The molecule has 16 heavy (non-hydrogen) atoms. The van der Waals surface area contributed by atoms with E-state index in [0.29, 0.717) is 0 Å². The van der Waals surface area contributed by atoms with Crippen LogP contribution in [0, 0.1) is 16.7 Å². The third-order valence-electron chi connectivity index (χ3n) is 2.04. The summed E-state index contributed by atoms with van der Waals surface area (Å²) in [6.07, 6.45) is 0. The van der Waals surface area contributed by atoms with Gasteiger partial charge in [0.05, 0.1) is 20.5 Å². The first-order valence-corrected chi connectivity index (χ1v) is 6.69. The van der Waals surface area contributed by atoms with Crippen molar-refractivity contribution in [3.05, 3.63) is 33.0 Å². The Balaban J connectivity index is 2.66. The Morgan fingerprint density at radius 1 is 1.31 bits per heavy atom. The molecule has 0 atom stereocenters. The zero-order valence-electron chi connectivity index (χ0n) is 8.15. The minimum absolute atomic E-state index is 0.0497. The average Bonchev–Trinajstić information content (AvgIpc) is 2.67. The second-order valence-corrected chi connectivity index (χ2v) is 6.26. The van der Waals surface area contributed by atoms with Gasteiger partial charge in [-0.05, 0) is 25.1 Å². The molecule has 0 amide bonds. The molecule has 1 aromatic heterocycles. The number of aromatic nitrogens is 1. The maximum atomic E-state index is 11.6. The van der Waals surface area contributed by atoms with Crippen LogP contribution in [0.5, 0.6) is 0 Å². The van der Waals surface area contributed by atoms with E-state index in [2.05, 4.69) is 14.9 Å². The lowest BCUT2D eigenvalue weighted by Crippen LogP contribution is -1.99. The van der Waals surface area contributed by atoms with Crippen LogP contribution in [0.1, 0.15) is 5.01 Å². The summed E-state index contributed by atoms with van der Waals surface area (Å²) >= 11 is 1.38. The van der Waals surface area contributed by atoms with E-state index in [1.165, 1.54) is 23.5 Å². The smallest absolute Gasteiger partial charge is 0.261 e. The van der Waals surface area contributed by atoms with Gasteiger partial charge in [0.15, 0.2) is 0 Å². The van der Waals surface area contributed by atoms with Gasteiger partial charge >= 0.3 is 7.44 Å². The molecule has 0 unspecified atom stereocenters. The largest absolute Gasteiger partial charge is 0.402 e. The molecule has 0 spiro atoms. The van der Waals surface area contributed by atoms with Crippen molar-refractivity contribution in [2.45, 2.75) is 6.92 Å². The van der Waals surface area contributed by atoms with E-state index in [-0.39, 0.29) is 5.30 Å². The zero-order valence-corrected chi connectivity index (χ0v) is 9.86. The van der Waals surface area contributed by atoms with E-state index in [1.54, 1.807) is 6.07 Å². The Morgan fingerprint density at radius 3 is 2.62 bits per heavy atom. The lowest BCUT2D eigenvalue weighted by atomic mass is 10.3. The summed E-state index contributed by atoms with van der Waals surface area (Å²) in [7, 11) is -4.01. The van der Waals surface area contributed by atoms with Gasteiger partial charge in [-0.1, -0.05) is 0 Å². The SMILES string of the molecule is Cc1nc2ccc(P(=O)(N=O)N=O)cc2s1. The van der Waals surface area contributed by atoms with Crippen molar-refractivity contribution in [1.29, 1.82) is 0 Å². The van der Waals surface area contributed by atoms with Crippen LogP contribution < -0.4 is 5.30 Å². The first kappa shape index (κ1) is 11.0. The molecular formula is C8H6N3O3PS. The van der Waals surface area contributed by atoms with Crippen molar-refractivity contribution in [3.8, 4) is 0 Å². The van der Waals surface area contributed by atoms with Crippen LogP contribution in [0.2, 0.25) is 0 Å². The van der Waals surface area contributed by atoms with Gasteiger partial charge < -0.3 is 0 Å². The molecule has 0 N–H and O–H groups in total. The van der Waals surface area contributed by atoms with Crippen molar-refractivity contribution < 1.29 is 4.57 Å². The maximum absolute atomic E-state index is 11.6. The van der Waals surface area contributed by atoms with Crippen molar-refractivity contribution in [3.63, 3.8) is 0 Å². The van der Waals surface area contributed by atoms with Crippen LogP contribution in [-0.4, -0.2) is 4.98 Å². The second-order valence-electron chi connectivity index (χ2n) is 3.09. The van der Waals surface area contributed by atoms with Gasteiger partial charge in [0, 0.05) is 9.89 Å². The third kappa shape index (κ3) is 1.68. The number of hydrogen-bond acceptors (Lipinski definition) is 5. The Hall–Kier alpha value is -1.46. The number of nitrogens with zero attached hydrogens (tertiary/aromatic N) is 3. The van der Waals surface area contributed by atoms with Gasteiger partial charge in [-0.3, -0.25) is 4.57 Å². The molecule has 2 rings (SSSR count). The van der Waals surface area contributed by atoms with Gasteiger partial charge in [-0.25, -0.2) is 4.98 Å². The number of hydrogen-bond donors (Lipinski definition) is 0. The number of aryl methyl sites for hydroxylation is 1. The molecule has 2 aromatic rings. The van der Waals surface area contributed by atoms with Crippen molar-refractivity contribution >= 4 is 34.3 Å². The van der Waals surface area contributed by atoms with Crippen LogP contribution in [0.4, 0.5) is 0 Å². The fraction of sp³-hybridized carbons (Fsp3) is 0.125. The monoisotopic (exact) mass is 255 g/mol. The fourth-order valence-electron chi connectivity index (χ4n) is 1.32. The summed E-state index contributed by atoms with van der Waals surface area (Å²) in [4.78, 5) is 29.6. The van der Waals surface area contributed by atoms with E-state index < -0.39 is 7.44 Å². The van der Waals surface area contributed by atoms with Crippen LogP contribution in [0.3, 0.4) is 0 Å². The summed E-state index contributed by atoms with van der Waals surface area (Å²) in [5.74, 6) is 0. The molecule has 0 fully saturated rings. The van der Waals surface area contributed by atoms with E-state index in [1.807, 2.05) is 6.92 Å². The first-order valence-electron chi connectivity index (χ1n) is 4.26. The van der Waals surface area contributed by atoms with Crippen molar-refractivity contribution in [1.82, 2.24) is 4.98 Å². The highest BCUT2D eigenvalue weighted by molar-refractivity contribution is 7.68. The van der Waals surface area contributed by atoms with Crippen LogP contribution >= 0.6 is 18.8 Å². The number of fused-ring (bicyclic) bond motifs is 1. The van der Waals surface area contributed by atoms with Gasteiger partial charge in [0.1, 0.15) is 0 Å². The van der Waals surface area contributed by atoms with Crippen LogP contribution in [-0.2, 0) is 4.57 Å². The number of benzene rings is 1. The summed E-state index contributed by atoms with van der Waals surface area (Å²) in [6, 6.07) is 4.46. The summed E-state index contributed by atoms with van der Waals surface area (Å²) < 4.78 is 12.4. The van der Waals surface area contributed by atoms with Crippen LogP contribution in [0.25, 0.3) is 10.2 Å². The van der Waals surface area contributed by atoms with Gasteiger partial charge in [0.25, 0.3) is 0 Å². The fourth-order valence-corrected chi connectivity index (χ4v) is 3.06. The molecule has 0 aliphatic carbocycles. The predicted octanol–water partition coefficient (Wildman–Crippen LogP) is 2.96. The molecule has 1 heterocycles. The van der Waals surface area contributed by atoms with Crippen LogP contribution in [0.15, 0.2) is 28.1 Å². The highest BCUT2D eigenvalue weighted by Crippen LogP contribution is 2.47. The molecular weight excluding hydrogens is 249 g/mol. The van der Waals surface area contributed by atoms with E-state index in [0.717, 1.165) is 15.2 Å². The summed E-state index contributed by atoms with van der Waals surface area (Å²) in [5.41, 5.74) is 0.731. The molecule has 0 radical (unpaired) electrons. The number of thiazole rings is 1. The quantitative estimate of drug-likeness (QED) is 0.622. The predicted molar refractivity (Wildman–Crippen MR) is 63.2 cm³/mol. The molecule has 0 saturated carbocycles. The van der Waals surface area contributed by atoms with E-state index in [9.17, 15) is 14.4 Å². The molecule has 8 heteroatoms. The van der Waals surface area contributed by atoms with Gasteiger partial charge in [-0.15, -0.1) is 21.2 Å². The van der Waals surface area contributed by atoms with Gasteiger partial charge in [0.2, 0.25) is 0 Å². The maximum Gasteiger partial charge on any atom is 0.402 e. The molecule has 0 aliphatic rings.